The van der Waals surface area contributed by atoms with Gasteiger partial charge in [0.15, 0.2) is 6.10 Å². The maximum Gasteiger partial charge on any atom is 0.342 e. The van der Waals surface area contributed by atoms with Crippen molar-refractivity contribution in [3.8, 4) is 11.5 Å². The second-order valence-corrected chi connectivity index (χ2v) is 6.07. The quantitative estimate of drug-likeness (QED) is 0.712. The van der Waals surface area contributed by atoms with Crippen molar-refractivity contribution in [1.29, 1.82) is 0 Å². The third-order valence-electron chi connectivity index (χ3n) is 3.26. The van der Waals surface area contributed by atoms with Gasteiger partial charge in [-0.2, -0.15) is 0 Å². The van der Waals surface area contributed by atoms with Crippen LogP contribution in [0.25, 0.3) is 0 Å². The van der Waals surface area contributed by atoms with Crippen molar-refractivity contribution in [1.82, 2.24) is 0 Å². The van der Waals surface area contributed by atoms with Gasteiger partial charge >= 0.3 is 5.97 Å². The lowest BCUT2D eigenvalue weighted by Gasteiger charge is -2.14. The number of hydrogen-bond acceptors (Lipinski definition) is 5. The predicted molar refractivity (Wildman–Crippen MR) is 96.9 cm³/mol. The predicted octanol–water partition coefficient (Wildman–Crippen LogP) is 3.74. The van der Waals surface area contributed by atoms with Crippen LogP contribution in [0.3, 0.4) is 0 Å². The van der Waals surface area contributed by atoms with Crippen LogP contribution in [0.1, 0.15) is 24.2 Å². The van der Waals surface area contributed by atoms with Crippen molar-refractivity contribution in [3.05, 3.63) is 52.5 Å². The summed E-state index contributed by atoms with van der Waals surface area (Å²) in [4.78, 5) is 24.3. The third-order valence-corrected chi connectivity index (χ3v) is 3.76. The Morgan fingerprint density at radius 3 is 2.52 bits per heavy atom. The lowest BCUT2D eigenvalue weighted by atomic mass is 10.2. The maximum atomic E-state index is 12.2. The van der Waals surface area contributed by atoms with Crippen molar-refractivity contribution in [2.45, 2.75) is 20.0 Å². The molecule has 1 unspecified atom stereocenters. The van der Waals surface area contributed by atoms with Gasteiger partial charge in [-0.05, 0) is 56.3 Å². The largest absolute Gasteiger partial charge is 0.507 e. The summed E-state index contributed by atoms with van der Waals surface area (Å²) >= 11 is 3.21. The van der Waals surface area contributed by atoms with Crippen molar-refractivity contribution in [2.75, 3.05) is 11.9 Å². The van der Waals surface area contributed by atoms with Crippen LogP contribution >= 0.6 is 15.9 Å². The van der Waals surface area contributed by atoms with Crippen LogP contribution in [-0.4, -0.2) is 29.7 Å². The zero-order valence-corrected chi connectivity index (χ0v) is 15.4. The summed E-state index contributed by atoms with van der Waals surface area (Å²) in [6.07, 6.45) is -1.03. The van der Waals surface area contributed by atoms with Crippen LogP contribution < -0.4 is 10.1 Å². The van der Waals surface area contributed by atoms with Gasteiger partial charge in [-0.3, -0.25) is 4.79 Å². The molecule has 7 heteroatoms. The molecule has 0 aliphatic rings. The van der Waals surface area contributed by atoms with Crippen LogP contribution in [0.15, 0.2) is 46.9 Å². The number of carbonyl (C=O) groups excluding carboxylic acids is 2. The second-order valence-electron chi connectivity index (χ2n) is 5.16. The molecular weight excluding hydrogens is 390 g/mol. The summed E-state index contributed by atoms with van der Waals surface area (Å²) < 4.78 is 11.1. The molecule has 0 aliphatic carbocycles. The Hall–Kier alpha value is -2.54. The average Bonchev–Trinajstić information content (AvgIpc) is 2.58. The first-order valence-electron chi connectivity index (χ1n) is 7.64. The van der Waals surface area contributed by atoms with Gasteiger partial charge in [0.2, 0.25) is 0 Å². The minimum absolute atomic E-state index is 0.0184. The first-order chi connectivity index (χ1) is 11.9. The molecule has 1 amide bonds. The number of nitrogens with one attached hydrogen (secondary N) is 1. The topological polar surface area (TPSA) is 84.9 Å². The van der Waals surface area contributed by atoms with Gasteiger partial charge in [0.05, 0.1) is 6.61 Å². The zero-order valence-electron chi connectivity index (χ0n) is 13.8. The molecular formula is C18H18BrNO5. The van der Waals surface area contributed by atoms with Crippen LogP contribution in [0.5, 0.6) is 11.5 Å². The molecule has 0 radical (unpaired) electrons. The molecule has 0 saturated heterocycles. The molecule has 0 heterocycles. The molecule has 25 heavy (non-hydrogen) atoms. The summed E-state index contributed by atoms with van der Waals surface area (Å²) in [6, 6.07) is 11.2. The number of esters is 1. The number of anilines is 1. The fraction of sp³-hybridized carbons (Fsp3) is 0.222. The highest BCUT2D eigenvalue weighted by Crippen LogP contribution is 2.23. The Balaban J connectivity index is 1.97. The van der Waals surface area contributed by atoms with Gasteiger partial charge in [-0.1, -0.05) is 15.9 Å². The summed E-state index contributed by atoms with van der Waals surface area (Å²) in [5.74, 6) is -0.780. The molecule has 0 spiro atoms. The molecule has 6 nitrogen and oxygen atoms in total. The molecule has 2 aromatic carbocycles. The molecule has 0 bridgehead atoms. The minimum Gasteiger partial charge on any atom is -0.507 e. The Bertz CT molecular complexity index is 761. The summed E-state index contributed by atoms with van der Waals surface area (Å²) in [7, 11) is 0. The number of halogens is 1. The Morgan fingerprint density at radius 2 is 1.88 bits per heavy atom. The summed E-state index contributed by atoms with van der Waals surface area (Å²) in [6.45, 7) is 3.90. The lowest BCUT2D eigenvalue weighted by molar-refractivity contribution is -0.123. The van der Waals surface area contributed by atoms with Gasteiger partial charge in [0, 0.05) is 10.2 Å². The number of phenols is 1. The molecule has 2 N–H and O–H groups in total. The number of hydrogen-bond donors (Lipinski definition) is 2. The maximum absolute atomic E-state index is 12.2. The Kier molecular flexibility index (Phi) is 6.41. The Labute approximate surface area is 153 Å². The van der Waals surface area contributed by atoms with Gasteiger partial charge < -0.3 is 19.9 Å². The summed E-state index contributed by atoms with van der Waals surface area (Å²) in [5, 5.41) is 12.4. The van der Waals surface area contributed by atoms with E-state index in [-0.39, 0.29) is 11.3 Å². The van der Waals surface area contributed by atoms with Crippen LogP contribution in [0.4, 0.5) is 5.69 Å². The van der Waals surface area contributed by atoms with Gasteiger partial charge in [-0.25, -0.2) is 4.79 Å². The molecule has 2 aromatic rings. The monoisotopic (exact) mass is 407 g/mol. The number of benzene rings is 2. The molecule has 0 saturated carbocycles. The number of carbonyl (C=O) groups is 2. The summed E-state index contributed by atoms with van der Waals surface area (Å²) in [5.41, 5.74) is 0.539. The number of phenolic OH excluding ortho intramolecular Hbond substituents is 1. The van der Waals surface area contributed by atoms with Crippen LogP contribution in [0, 0.1) is 0 Å². The highest BCUT2D eigenvalue weighted by atomic mass is 79.9. The number of amides is 1. The third kappa shape index (κ3) is 5.22. The second kappa shape index (κ2) is 8.53. The van der Waals surface area contributed by atoms with Crippen LogP contribution in [0.2, 0.25) is 0 Å². The number of ether oxygens (including phenoxy) is 2. The first-order valence-corrected chi connectivity index (χ1v) is 8.43. The SMILES string of the molecule is CCOc1ccc(NC(=O)C(C)OC(=O)c2cc(Br)ccc2O)cc1. The average molecular weight is 408 g/mol. The van der Waals surface area contributed by atoms with E-state index < -0.39 is 18.0 Å². The van der Waals surface area contributed by atoms with E-state index >= 15 is 0 Å². The molecule has 1 atom stereocenters. The molecule has 0 aliphatic heterocycles. The van der Waals surface area contributed by atoms with Gasteiger partial charge in [0.1, 0.15) is 17.1 Å². The normalized spacial score (nSPS) is 11.5. The van der Waals surface area contributed by atoms with E-state index in [0.717, 1.165) is 0 Å². The van der Waals surface area contributed by atoms with E-state index in [9.17, 15) is 14.7 Å². The van der Waals surface area contributed by atoms with E-state index in [4.69, 9.17) is 9.47 Å². The molecule has 0 aromatic heterocycles. The first kappa shape index (κ1) is 18.8. The van der Waals surface area contributed by atoms with E-state index in [1.54, 1.807) is 30.3 Å². The van der Waals surface area contributed by atoms with E-state index in [1.807, 2.05) is 6.92 Å². The van der Waals surface area contributed by atoms with Crippen molar-refractivity contribution >= 4 is 33.5 Å². The highest BCUT2D eigenvalue weighted by molar-refractivity contribution is 9.10. The van der Waals surface area contributed by atoms with E-state index in [1.165, 1.54) is 19.1 Å². The van der Waals surface area contributed by atoms with E-state index in [2.05, 4.69) is 21.2 Å². The Morgan fingerprint density at radius 1 is 1.20 bits per heavy atom. The molecule has 132 valence electrons. The fourth-order valence-corrected chi connectivity index (χ4v) is 2.36. The smallest absolute Gasteiger partial charge is 0.342 e. The molecule has 2 rings (SSSR count). The van der Waals surface area contributed by atoms with Gasteiger partial charge in [0.25, 0.3) is 5.91 Å². The lowest BCUT2D eigenvalue weighted by Crippen LogP contribution is -2.30. The van der Waals surface area contributed by atoms with Crippen molar-refractivity contribution in [2.24, 2.45) is 0 Å². The van der Waals surface area contributed by atoms with E-state index in [0.29, 0.717) is 22.5 Å². The minimum atomic E-state index is -1.03. The number of aromatic hydroxyl groups is 1. The zero-order chi connectivity index (χ0) is 18.4. The van der Waals surface area contributed by atoms with Crippen molar-refractivity contribution < 1.29 is 24.2 Å². The standard InChI is InChI=1S/C18H18BrNO5/c1-3-24-14-7-5-13(6-8-14)20-17(22)11(2)25-18(23)15-10-12(19)4-9-16(15)21/h4-11,21H,3H2,1-2H3,(H,20,22). The van der Waals surface area contributed by atoms with Crippen molar-refractivity contribution in [3.63, 3.8) is 0 Å². The fourth-order valence-electron chi connectivity index (χ4n) is 1.99. The molecule has 0 fully saturated rings. The number of rotatable bonds is 6. The van der Waals surface area contributed by atoms with Crippen LogP contribution in [-0.2, 0) is 9.53 Å². The van der Waals surface area contributed by atoms with Gasteiger partial charge in [-0.15, -0.1) is 0 Å². The highest BCUT2D eigenvalue weighted by Gasteiger charge is 2.21.